The summed E-state index contributed by atoms with van der Waals surface area (Å²) in [4.78, 5) is 0. The van der Waals surface area contributed by atoms with Crippen LogP contribution in [0.2, 0.25) is 0 Å². The zero-order valence-corrected chi connectivity index (χ0v) is 11.2. The summed E-state index contributed by atoms with van der Waals surface area (Å²) in [5.74, 6) is 0. The van der Waals surface area contributed by atoms with E-state index in [0.717, 1.165) is 0 Å². The van der Waals surface area contributed by atoms with Crippen LogP contribution in [-0.2, 0) is 0 Å². The number of likely N-dealkylation sites (tertiary alicyclic amines) is 1. The second kappa shape index (κ2) is 9.66. The Morgan fingerprint density at radius 1 is 0.875 bits per heavy atom. The van der Waals surface area contributed by atoms with E-state index in [9.17, 15) is 0 Å². The molecule has 1 rings (SSSR count). The summed E-state index contributed by atoms with van der Waals surface area (Å²) < 4.78 is 1.46. The third-order valence-electron chi connectivity index (χ3n) is 3.74. The average molecular weight is 224 g/mol. The van der Waals surface area contributed by atoms with E-state index in [4.69, 9.17) is 11.8 Å². The van der Waals surface area contributed by atoms with Gasteiger partial charge in [0, 0.05) is 0 Å². The molecule has 0 aromatic rings. The summed E-state index contributed by atoms with van der Waals surface area (Å²) in [5.41, 5.74) is 0. The Bertz CT molecular complexity index is 159. The summed E-state index contributed by atoms with van der Waals surface area (Å²) in [6.45, 7) is 15.2. The topological polar surface area (TPSA) is 23.8 Å². The van der Waals surface area contributed by atoms with E-state index in [0.29, 0.717) is 0 Å². The van der Waals surface area contributed by atoms with Gasteiger partial charge in [0.25, 0.3) is 0 Å². The Morgan fingerprint density at radius 3 is 1.69 bits per heavy atom. The quantitative estimate of drug-likeness (QED) is 0.499. The molecule has 0 bridgehead atoms. The second-order valence-corrected chi connectivity index (χ2v) is 5.00. The van der Waals surface area contributed by atoms with Crippen molar-refractivity contribution in [3.63, 3.8) is 0 Å². The Kier molecular flexibility index (Phi) is 9.33. The van der Waals surface area contributed by atoms with Crippen molar-refractivity contribution in [3.05, 3.63) is 6.57 Å². The fourth-order valence-corrected chi connectivity index (χ4v) is 2.73. The normalized spacial score (nSPS) is 18.5. The minimum absolute atomic E-state index is 1.37. The smallest absolute Gasteiger partial charge is 0.0786 e. The first-order valence-electron chi connectivity index (χ1n) is 6.90. The van der Waals surface area contributed by atoms with Gasteiger partial charge in [-0.25, -0.2) is 0 Å². The molecule has 0 spiro atoms. The van der Waals surface area contributed by atoms with E-state index < -0.39 is 0 Å². The summed E-state index contributed by atoms with van der Waals surface area (Å²) in [6, 6.07) is 0. The number of hydrogen-bond donors (Lipinski definition) is 0. The van der Waals surface area contributed by atoms with Crippen molar-refractivity contribution in [1.29, 1.82) is 5.26 Å². The van der Waals surface area contributed by atoms with Crippen LogP contribution in [0.15, 0.2) is 0 Å². The maximum atomic E-state index is 6.25. The predicted octanol–water partition coefficient (Wildman–Crippen LogP) is 3.68. The van der Waals surface area contributed by atoms with Crippen LogP contribution in [0, 0.1) is 11.8 Å². The Labute approximate surface area is 102 Å². The molecule has 0 aromatic heterocycles. The highest BCUT2D eigenvalue weighted by molar-refractivity contribution is 4.55. The van der Waals surface area contributed by atoms with Crippen LogP contribution < -0.4 is 0 Å². The van der Waals surface area contributed by atoms with Crippen molar-refractivity contribution >= 4 is 0 Å². The van der Waals surface area contributed by atoms with Gasteiger partial charge >= 0.3 is 0 Å². The number of unbranched alkanes of at least 4 members (excludes halogenated alkanes) is 2. The first-order chi connectivity index (χ1) is 7.83. The molecule has 1 fully saturated rings. The summed E-state index contributed by atoms with van der Waals surface area (Å²) in [6.07, 6.45) is 10.0. The molecule has 0 radical (unpaired) electrons. The second-order valence-electron chi connectivity index (χ2n) is 5.00. The van der Waals surface area contributed by atoms with Crippen LogP contribution in [0.1, 0.15) is 58.8 Å². The monoisotopic (exact) mass is 224 g/mol. The highest BCUT2D eigenvalue weighted by atomic mass is 15.3. The van der Waals surface area contributed by atoms with Gasteiger partial charge in [0.15, 0.2) is 0 Å². The molecule has 16 heavy (non-hydrogen) atoms. The van der Waals surface area contributed by atoms with Crippen molar-refractivity contribution in [3.8, 4) is 0 Å². The SMILES string of the molecule is CCCC[N+]1(CCCC)CCCCC1.[C-]#N. The van der Waals surface area contributed by atoms with Gasteiger partial charge in [0.05, 0.1) is 26.2 Å². The standard InChI is InChI=1S/C13H28N.CN/c1-3-5-10-14(11-6-4-2)12-8-7-9-13-14;1-2/h3-13H2,1-2H3;/q+1;-1. The lowest BCUT2D eigenvalue weighted by Gasteiger charge is -2.41. The van der Waals surface area contributed by atoms with Crippen LogP contribution in [0.5, 0.6) is 0 Å². The van der Waals surface area contributed by atoms with Crippen molar-refractivity contribution in [2.45, 2.75) is 58.8 Å². The molecular weight excluding hydrogens is 196 g/mol. The molecule has 1 saturated heterocycles. The lowest BCUT2D eigenvalue weighted by atomic mass is 10.1. The molecule has 1 aliphatic rings. The van der Waals surface area contributed by atoms with Crippen LogP contribution in [-0.4, -0.2) is 30.7 Å². The Balaban J connectivity index is 0.00000106. The molecule has 94 valence electrons. The number of hydrogen-bond acceptors (Lipinski definition) is 1. The molecule has 0 atom stereocenters. The van der Waals surface area contributed by atoms with Gasteiger partial charge in [-0.3, -0.25) is 0 Å². The molecule has 0 unspecified atom stereocenters. The number of quaternary nitrogens is 1. The van der Waals surface area contributed by atoms with Gasteiger partial charge in [-0.2, -0.15) is 0 Å². The van der Waals surface area contributed by atoms with Crippen molar-refractivity contribution < 1.29 is 4.48 Å². The lowest BCUT2D eigenvalue weighted by Crippen LogP contribution is -2.52. The molecule has 2 heteroatoms. The predicted molar refractivity (Wildman–Crippen MR) is 68.4 cm³/mol. The largest absolute Gasteiger partial charge is 0.512 e. The molecule has 1 aliphatic heterocycles. The van der Waals surface area contributed by atoms with Gasteiger partial charge in [-0.1, -0.05) is 26.7 Å². The third kappa shape index (κ3) is 5.51. The van der Waals surface area contributed by atoms with E-state index in [1.54, 1.807) is 0 Å². The maximum absolute atomic E-state index is 6.25. The van der Waals surface area contributed by atoms with Gasteiger partial charge in [0.1, 0.15) is 0 Å². The fourth-order valence-electron chi connectivity index (χ4n) is 2.73. The van der Waals surface area contributed by atoms with Crippen molar-refractivity contribution in [2.75, 3.05) is 26.2 Å². The van der Waals surface area contributed by atoms with E-state index in [1.807, 2.05) is 0 Å². The first-order valence-corrected chi connectivity index (χ1v) is 6.90. The summed E-state index contributed by atoms with van der Waals surface area (Å²) >= 11 is 0. The highest BCUT2D eigenvalue weighted by Crippen LogP contribution is 2.21. The molecule has 1 heterocycles. The van der Waals surface area contributed by atoms with E-state index >= 15 is 0 Å². The Hall–Kier alpha value is -0.550. The zero-order valence-electron chi connectivity index (χ0n) is 11.2. The molecule has 0 aromatic carbocycles. The molecule has 0 aliphatic carbocycles. The zero-order chi connectivity index (χ0) is 12.3. The first kappa shape index (κ1) is 15.4. The van der Waals surface area contributed by atoms with E-state index in [-0.39, 0.29) is 0 Å². The minimum atomic E-state index is 1.37. The van der Waals surface area contributed by atoms with Gasteiger partial charge in [-0.05, 0) is 32.1 Å². The molecule has 0 N–H and O–H groups in total. The molecular formula is C14H28N2. The van der Waals surface area contributed by atoms with Gasteiger partial charge in [0.2, 0.25) is 0 Å². The van der Waals surface area contributed by atoms with E-state index in [2.05, 4.69) is 13.8 Å². The van der Waals surface area contributed by atoms with Crippen molar-refractivity contribution in [2.24, 2.45) is 0 Å². The summed E-state index contributed by atoms with van der Waals surface area (Å²) in [5, 5.41) is 6.25. The van der Waals surface area contributed by atoms with Crippen molar-refractivity contribution in [1.82, 2.24) is 0 Å². The van der Waals surface area contributed by atoms with Gasteiger partial charge < -0.3 is 16.3 Å². The fraction of sp³-hybridized carbons (Fsp3) is 0.929. The lowest BCUT2D eigenvalue weighted by molar-refractivity contribution is -0.932. The number of nitrogens with zero attached hydrogens (tertiary/aromatic N) is 2. The van der Waals surface area contributed by atoms with Crippen LogP contribution in [0.25, 0.3) is 0 Å². The molecule has 0 saturated carbocycles. The summed E-state index contributed by atoms with van der Waals surface area (Å²) in [7, 11) is 0. The van der Waals surface area contributed by atoms with Gasteiger partial charge in [-0.15, -0.1) is 0 Å². The average Bonchev–Trinajstić information content (AvgIpc) is 2.38. The maximum Gasteiger partial charge on any atom is 0.0786 e. The van der Waals surface area contributed by atoms with Crippen LogP contribution >= 0.6 is 0 Å². The van der Waals surface area contributed by atoms with Crippen LogP contribution in [0.3, 0.4) is 0 Å². The minimum Gasteiger partial charge on any atom is -0.512 e. The number of rotatable bonds is 6. The molecule has 2 nitrogen and oxygen atoms in total. The molecule has 0 amide bonds. The highest BCUT2D eigenvalue weighted by Gasteiger charge is 2.28. The Morgan fingerprint density at radius 2 is 1.31 bits per heavy atom. The number of piperidine rings is 1. The third-order valence-corrected chi connectivity index (χ3v) is 3.74. The van der Waals surface area contributed by atoms with E-state index in [1.165, 1.54) is 75.6 Å². The van der Waals surface area contributed by atoms with Crippen LogP contribution in [0.4, 0.5) is 0 Å².